The van der Waals surface area contributed by atoms with Gasteiger partial charge in [-0.3, -0.25) is 0 Å². The van der Waals surface area contributed by atoms with Crippen molar-refractivity contribution in [1.82, 2.24) is 8.75 Å². The molecule has 0 aliphatic carbocycles. The molecule has 21 heavy (non-hydrogen) atoms. The van der Waals surface area contributed by atoms with Crippen molar-refractivity contribution >= 4 is 29.1 Å². The van der Waals surface area contributed by atoms with Crippen molar-refractivity contribution in [2.24, 2.45) is 0 Å². The first-order valence-electron chi connectivity index (χ1n) is 6.89. The van der Waals surface area contributed by atoms with E-state index in [1.807, 2.05) is 0 Å². The molecule has 1 aromatic heterocycles. The Balaban J connectivity index is 1.72. The lowest BCUT2D eigenvalue weighted by Crippen LogP contribution is -2.30. The smallest absolute Gasteiger partial charge is 0.271 e. The lowest BCUT2D eigenvalue weighted by atomic mass is 10.1. The predicted octanol–water partition coefficient (Wildman–Crippen LogP) is 3.90. The maximum atomic E-state index is 13.7. The summed E-state index contributed by atoms with van der Waals surface area (Å²) in [4.78, 5) is 2.17. The molecular formula is C14H15ClFN3OS. The number of benzene rings is 1. The van der Waals surface area contributed by atoms with Gasteiger partial charge in [0.15, 0.2) is 0 Å². The highest BCUT2D eigenvalue weighted by Gasteiger charge is 2.20. The van der Waals surface area contributed by atoms with E-state index in [1.54, 1.807) is 12.1 Å². The number of anilines is 1. The van der Waals surface area contributed by atoms with E-state index in [0.717, 1.165) is 43.5 Å². The van der Waals surface area contributed by atoms with Crippen molar-refractivity contribution in [1.29, 1.82) is 0 Å². The molecular weight excluding hydrogens is 313 g/mol. The lowest BCUT2D eigenvalue weighted by Gasteiger charge is -2.26. The van der Waals surface area contributed by atoms with E-state index in [-0.39, 0.29) is 12.4 Å². The monoisotopic (exact) mass is 327 g/mol. The molecule has 112 valence electrons. The normalized spacial score (nSPS) is 15.2. The minimum atomic E-state index is -0.370. The average Bonchev–Trinajstić information content (AvgIpc) is 2.96. The van der Waals surface area contributed by atoms with Gasteiger partial charge in [-0.1, -0.05) is 17.7 Å². The van der Waals surface area contributed by atoms with Gasteiger partial charge in [0.2, 0.25) is 5.82 Å². The third kappa shape index (κ3) is 3.27. The number of piperidine rings is 1. The zero-order chi connectivity index (χ0) is 14.7. The van der Waals surface area contributed by atoms with Crippen molar-refractivity contribution in [3.05, 3.63) is 34.6 Å². The van der Waals surface area contributed by atoms with Crippen LogP contribution in [0.25, 0.3) is 0 Å². The molecule has 1 aliphatic rings. The van der Waals surface area contributed by atoms with Crippen LogP contribution < -0.4 is 9.64 Å². The van der Waals surface area contributed by atoms with Gasteiger partial charge in [0, 0.05) is 18.7 Å². The Labute approximate surface area is 131 Å². The second-order valence-corrected chi connectivity index (χ2v) is 5.87. The fourth-order valence-corrected chi connectivity index (χ4v) is 3.11. The van der Waals surface area contributed by atoms with Crippen LogP contribution in [0.4, 0.5) is 10.2 Å². The molecule has 1 saturated heterocycles. The third-order valence-electron chi connectivity index (χ3n) is 3.51. The Kier molecular flexibility index (Phi) is 4.55. The minimum absolute atomic E-state index is 0.0533. The van der Waals surface area contributed by atoms with Crippen molar-refractivity contribution in [2.45, 2.75) is 25.9 Å². The molecule has 0 radical (unpaired) electrons. The first-order chi connectivity index (χ1) is 10.3. The van der Waals surface area contributed by atoms with E-state index in [2.05, 4.69) is 13.6 Å². The standard InChI is InChI=1S/C14H15ClFN3OS/c15-11-5-4-6-12(16)10(11)9-20-14-13(17-21-18-14)19-7-2-1-3-8-19/h4-6H,1-3,7-9H2. The summed E-state index contributed by atoms with van der Waals surface area (Å²) in [6.45, 7) is 1.97. The predicted molar refractivity (Wildman–Crippen MR) is 81.7 cm³/mol. The molecule has 1 aliphatic heterocycles. The SMILES string of the molecule is Fc1cccc(Cl)c1COc1nsnc1N1CCCCC1. The molecule has 7 heteroatoms. The molecule has 0 bridgehead atoms. The summed E-state index contributed by atoms with van der Waals surface area (Å²) in [5.74, 6) is 0.846. The zero-order valence-corrected chi connectivity index (χ0v) is 13.0. The highest BCUT2D eigenvalue weighted by molar-refractivity contribution is 6.99. The second kappa shape index (κ2) is 6.58. The third-order valence-corrected chi connectivity index (χ3v) is 4.37. The Hall–Kier alpha value is -1.40. The summed E-state index contributed by atoms with van der Waals surface area (Å²) in [5, 5.41) is 0.359. The Bertz CT molecular complexity index is 596. The first kappa shape index (κ1) is 14.5. The van der Waals surface area contributed by atoms with Gasteiger partial charge in [-0.25, -0.2) is 4.39 Å². The number of halogens is 2. The van der Waals surface area contributed by atoms with Gasteiger partial charge < -0.3 is 9.64 Å². The Morgan fingerprint density at radius 3 is 2.81 bits per heavy atom. The summed E-state index contributed by atoms with van der Waals surface area (Å²) < 4.78 is 27.8. The average molecular weight is 328 g/mol. The molecule has 0 N–H and O–H groups in total. The number of nitrogens with zero attached hydrogens (tertiary/aromatic N) is 3. The molecule has 2 aromatic rings. The molecule has 0 atom stereocenters. The quantitative estimate of drug-likeness (QED) is 0.853. The highest BCUT2D eigenvalue weighted by atomic mass is 35.5. The van der Waals surface area contributed by atoms with E-state index < -0.39 is 0 Å². The minimum Gasteiger partial charge on any atom is -0.469 e. The van der Waals surface area contributed by atoms with Crippen LogP contribution in [0.3, 0.4) is 0 Å². The van der Waals surface area contributed by atoms with Gasteiger partial charge in [0.1, 0.15) is 12.4 Å². The van der Waals surface area contributed by atoms with Gasteiger partial charge in [0.05, 0.1) is 16.8 Å². The molecule has 0 spiro atoms. The number of rotatable bonds is 4. The zero-order valence-electron chi connectivity index (χ0n) is 11.4. The van der Waals surface area contributed by atoms with Crippen LogP contribution in [0.1, 0.15) is 24.8 Å². The molecule has 4 nitrogen and oxygen atoms in total. The van der Waals surface area contributed by atoms with E-state index in [0.29, 0.717) is 16.5 Å². The summed E-state index contributed by atoms with van der Waals surface area (Å²) in [5.41, 5.74) is 0.344. The fourth-order valence-electron chi connectivity index (χ4n) is 2.38. The van der Waals surface area contributed by atoms with Gasteiger partial charge in [-0.15, -0.1) is 4.37 Å². The largest absolute Gasteiger partial charge is 0.469 e. The van der Waals surface area contributed by atoms with Crippen LogP contribution in [0.15, 0.2) is 18.2 Å². The summed E-state index contributed by atoms with van der Waals surface area (Å²) in [6, 6.07) is 4.59. The van der Waals surface area contributed by atoms with E-state index in [4.69, 9.17) is 16.3 Å². The molecule has 0 amide bonds. The summed E-state index contributed by atoms with van der Waals surface area (Å²) in [7, 11) is 0. The van der Waals surface area contributed by atoms with Crippen LogP contribution in [-0.4, -0.2) is 21.8 Å². The number of ether oxygens (including phenoxy) is 1. The number of hydrogen-bond donors (Lipinski definition) is 0. The van der Waals surface area contributed by atoms with E-state index in [1.165, 1.54) is 12.5 Å². The second-order valence-electron chi connectivity index (χ2n) is 4.93. The maximum Gasteiger partial charge on any atom is 0.271 e. The Morgan fingerprint density at radius 1 is 1.24 bits per heavy atom. The van der Waals surface area contributed by atoms with Crippen molar-refractivity contribution in [3.8, 4) is 5.88 Å². The van der Waals surface area contributed by atoms with Crippen molar-refractivity contribution in [3.63, 3.8) is 0 Å². The summed E-state index contributed by atoms with van der Waals surface area (Å²) in [6.07, 6.45) is 3.54. The first-order valence-corrected chi connectivity index (χ1v) is 8.00. The van der Waals surface area contributed by atoms with Crippen molar-refractivity contribution in [2.75, 3.05) is 18.0 Å². The maximum absolute atomic E-state index is 13.7. The Morgan fingerprint density at radius 2 is 2.05 bits per heavy atom. The molecule has 0 unspecified atom stereocenters. The van der Waals surface area contributed by atoms with Crippen LogP contribution in [0, 0.1) is 5.82 Å². The van der Waals surface area contributed by atoms with Crippen LogP contribution in [0.5, 0.6) is 5.88 Å². The van der Waals surface area contributed by atoms with E-state index in [9.17, 15) is 4.39 Å². The molecule has 2 heterocycles. The summed E-state index contributed by atoms with van der Waals surface area (Å²) >= 11 is 7.10. The fraction of sp³-hybridized carbons (Fsp3) is 0.429. The van der Waals surface area contributed by atoms with Gasteiger partial charge in [-0.05, 0) is 31.4 Å². The topological polar surface area (TPSA) is 38.3 Å². The van der Waals surface area contributed by atoms with Crippen LogP contribution in [0.2, 0.25) is 5.02 Å². The van der Waals surface area contributed by atoms with Crippen LogP contribution >= 0.6 is 23.3 Å². The molecule has 1 aromatic carbocycles. The lowest BCUT2D eigenvalue weighted by molar-refractivity contribution is 0.290. The van der Waals surface area contributed by atoms with Crippen LogP contribution in [-0.2, 0) is 6.61 Å². The van der Waals surface area contributed by atoms with E-state index >= 15 is 0 Å². The van der Waals surface area contributed by atoms with Gasteiger partial charge >= 0.3 is 0 Å². The van der Waals surface area contributed by atoms with Gasteiger partial charge in [-0.2, -0.15) is 4.37 Å². The molecule has 0 saturated carbocycles. The van der Waals surface area contributed by atoms with Gasteiger partial charge in [0.25, 0.3) is 5.88 Å². The highest BCUT2D eigenvalue weighted by Crippen LogP contribution is 2.29. The number of hydrogen-bond acceptors (Lipinski definition) is 5. The molecule has 1 fully saturated rings. The van der Waals surface area contributed by atoms with Crippen molar-refractivity contribution < 1.29 is 9.13 Å². The molecule has 3 rings (SSSR count). The number of aromatic nitrogens is 2.